The lowest BCUT2D eigenvalue weighted by Crippen LogP contribution is -2.13. The highest BCUT2D eigenvalue weighted by molar-refractivity contribution is 5.76. The van der Waals surface area contributed by atoms with Crippen LogP contribution in [0.5, 0.6) is 0 Å². The molecule has 2 heterocycles. The summed E-state index contributed by atoms with van der Waals surface area (Å²) in [6.45, 7) is 1.92. The fourth-order valence-corrected chi connectivity index (χ4v) is 2.27. The molecule has 6 nitrogen and oxygen atoms in total. The first-order valence-corrected chi connectivity index (χ1v) is 6.27. The summed E-state index contributed by atoms with van der Waals surface area (Å²) in [7, 11) is 1.87. The van der Waals surface area contributed by atoms with E-state index in [0.29, 0.717) is 17.3 Å². The lowest BCUT2D eigenvalue weighted by Gasteiger charge is -2.01. The Bertz CT molecular complexity index is 754. The molecule has 0 saturated heterocycles. The highest BCUT2D eigenvalue weighted by Gasteiger charge is 2.18. The Kier molecular flexibility index (Phi) is 2.71. The molecule has 0 aliphatic heterocycles. The van der Waals surface area contributed by atoms with Crippen LogP contribution in [0.2, 0.25) is 0 Å². The van der Waals surface area contributed by atoms with Crippen LogP contribution in [0.3, 0.4) is 0 Å². The average Bonchev–Trinajstić information content (AvgIpc) is 2.92. The number of rotatable bonds is 2. The number of aryl methyl sites for hydroxylation is 2. The van der Waals surface area contributed by atoms with Gasteiger partial charge in [-0.3, -0.25) is 4.68 Å². The molecule has 4 N–H and O–H groups in total. The minimum atomic E-state index is 0.431. The summed E-state index contributed by atoms with van der Waals surface area (Å²) in [5.74, 6) is 7.10. The molecular formula is C14H16N6. The molecular weight excluding hydrogens is 252 g/mol. The first-order valence-electron chi connectivity index (χ1n) is 6.27. The van der Waals surface area contributed by atoms with E-state index in [1.165, 1.54) is 4.68 Å². The first-order chi connectivity index (χ1) is 9.58. The highest BCUT2D eigenvalue weighted by Crippen LogP contribution is 2.30. The van der Waals surface area contributed by atoms with E-state index in [1.807, 2.05) is 50.5 Å². The van der Waals surface area contributed by atoms with Crippen molar-refractivity contribution in [3.63, 3.8) is 0 Å². The van der Waals surface area contributed by atoms with Gasteiger partial charge in [-0.1, -0.05) is 30.3 Å². The summed E-state index contributed by atoms with van der Waals surface area (Å²) in [5, 5.41) is 4.31. The molecule has 2 aromatic heterocycles. The van der Waals surface area contributed by atoms with Gasteiger partial charge in [0.25, 0.3) is 0 Å². The lowest BCUT2D eigenvalue weighted by molar-refractivity contribution is 0.756. The molecule has 0 spiro atoms. The maximum atomic E-state index is 6.09. The molecule has 3 rings (SSSR count). The third kappa shape index (κ3) is 1.82. The van der Waals surface area contributed by atoms with Crippen molar-refractivity contribution in [2.24, 2.45) is 7.05 Å². The van der Waals surface area contributed by atoms with Crippen molar-refractivity contribution in [1.82, 2.24) is 19.4 Å². The Labute approximate surface area is 116 Å². The van der Waals surface area contributed by atoms with E-state index in [1.54, 1.807) is 4.68 Å². The maximum Gasteiger partial charge on any atom is 0.160 e. The quantitative estimate of drug-likeness (QED) is 0.690. The summed E-state index contributed by atoms with van der Waals surface area (Å²) in [5.41, 5.74) is 9.45. The van der Waals surface area contributed by atoms with Crippen molar-refractivity contribution >= 4 is 5.82 Å². The predicted octanol–water partition coefficient (Wildman–Crippen LogP) is 1.56. The van der Waals surface area contributed by atoms with Crippen LogP contribution in [0.4, 0.5) is 5.82 Å². The Morgan fingerprint density at radius 2 is 1.85 bits per heavy atom. The normalized spacial score (nSPS) is 10.9. The van der Waals surface area contributed by atoms with Crippen molar-refractivity contribution in [2.45, 2.75) is 6.92 Å². The van der Waals surface area contributed by atoms with Crippen molar-refractivity contribution in [3.8, 4) is 22.6 Å². The number of imidazole rings is 1. The molecule has 0 aliphatic carbocycles. The third-order valence-electron chi connectivity index (χ3n) is 3.25. The van der Waals surface area contributed by atoms with Crippen molar-refractivity contribution in [3.05, 3.63) is 42.2 Å². The summed E-state index contributed by atoms with van der Waals surface area (Å²) in [6, 6.07) is 9.73. The Balaban J connectivity index is 2.18. The van der Waals surface area contributed by atoms with Gasteiger partial charge < -0.3 is 11.6 Å². The van der Waals surface area contributed by atoms with Gasteiger partial charge in [0.15, 0.2) is 11.6 Å². The number of aromatic nitrogens is 4. The van der Waals surface area contributed by atoms with Gasteiger partial charge in [-0.2, -0.15) is 5.10 Å². The minimum absolute atomic E-state index is 0.431. The molecule has 20 heavy (non-hydrogen) atoms. The van der Waals surface area contributed by atoms with Crippen LogP contribution in [0, 0.1) is 6.92 Å². The second kappa shape index (κ2) is 4.41. The van der Waals surface area contributed by atoms with Gasteiger partial charge in [-0.05, 0) is 6.92 Å². The summed E-state index contributed by atoms with van der Waals surface area (Å²) >= 11 is 0. The van der Waals surface area contributed by atoms with Crippen LogP contribution in [-0.2, 0) is 7.05 Å². The van der Waals surface area contributed by atoms with E-state index >= 15 is 0 Å². The second-order valence-corrected chi connectivity index (χ2v) is 4.71. The number of hydrogen-bond donors (Lipinski definition) is 2. The van der Waals surface area contributed by atoms with Crippen LogP contribution < -0.4 is 11.6 Å². The number of hydrogen-bond acceptors (Lipinski definition) is 4. The molecule has 0 bridgehead atoms. The van der Waals surface area contributed by atoms with Gasteiger partial charge in [0.1, 0.15) is 5.69 Å². The van der Waals surface area contributed by atoms with Gasteiger partial charge in [-0.25, -0.2) is 9.66 Å². The first kappa shape index (κ1) is 12.3. The largest absolute Gasteiger partial charge is 0.382 e. The topological polar surface area (TPSA) is 87.7 Å². The van der Waals surface area contributed by atoms with Gasteiger partial charge in [-0.15, -0.1) is 0 Å². The molecule has 1 aromatic carbocycles. The highest BCUT2D eigenvalue weighted by atomic mass is 15.4. The molecule has 3 aromatic rings. The number of benzene rings is 1. The number of anilines is 1. The van der Waals surface area contributed by atoms with Crippen molar-refractivity contribution in [1.29, 1.82) is 0 Å². The monoisotopic (exact) mass is 268 g/mol. The molecule has 0 radical (unpaired) electrons. The number of nitrogen functional groups attached to an aromatic ring is 2. The molecule has 0 fully saturated rings. The summed E-state index contributed by atoms with van der Waals surface area (Å²) in [6.07, 6.45) is 1.89. The fourth-order valence-electron chi connectivity index (χ4n) is 2.27. The Morgan fingerprint density at radius 3 is 2.45 bits per heavy atom. The van der Waals surface area contributed by atoms with Crippen LogP contribution in [0.15, 0.2) is 36.5 Å². The minimum Gasteiger partial charge on any atom is -0.382 e. The van der Waals surface area contributed by atoms with Crippen LogP contribution in [0.1, 0.15) is 5.69 Å². The van der Waals surface area contributed by atoms with E-state index < -0.39 is 0 Å². The van der Waals surface area contributed by atoms with Gasteiger partial charge >= 0.3 is 0 Å². The summed E-state index contributed by atoms with van der Waals surface area (Å²) < 4.78 is 3.15. The third-order valence-corrected chi connectivity index (χ3v) is 3.25. The van der Waals surface area contributed by atoms with E-state index in [2.05, 4.69) is 10.1 Å². The van der Waals surface area contributed by atoms with Crippen molar-refractivity contribution < 1.29 is 0 Å². The average molecular weight is 268 g/mol. The van der Waals surface area contributed by atoms with Crippen LogP contribution in [0.25, 0.3) is 22.6 Å². The van der Waals surface area contributed by atoms with E-state index in [9.17, 15) is 0 Å². The molecule has 102 valence electrons. The lowest BCUT2D eigenvalue weighted by atomic mass is 10.2. The zero-order chi connectivity index (χ0) is 14.3. The predicted molar refractivity (Wildman–Crippen MR) is 79.2 cm³/mol. The van der Waals surface area contributed by atoms with E-state index in [0.717, 1.165) is 16.8 Å². The zero-order valence-electron chi connectivity index (χ0n) is 11.4. The molecule has 6 heteroatoms. The van der Waals surface area contributed by atoms with E-state index in [4.69, 9.17) is 11.6 Å². The maximum absolute atomic E-state index is 6.09. The van der Waals surface area contributed by atoms with Gasteiger partial charge in [0, 0.05) is 24.4 Å². The fraction of sp³-hybridized carbons (Fsp3) is 0.143. The van der Waals surface area contributed by atoms with Crippen LogP contribution >= 0.6 is 0 Å². The second-order valence-electron chi connectivity index (χ2n) is 4.71. The summed E-state index contributed by atoms with van der Waals surface area (Å²) in [4.78, 5) is 4.58. The number of nitrogens with zero attached hydrogens (tertiary/aromatic N) is 4. The van der Waals surface area contributed by atoms with Crippen LogP contribution in [-0.4, -0.2) is 19.4 Å². The Morgan fingerprint density at radius 1 is 1.15 bits per heavy atom. The standard InChI is InChI=1S/C14H16N6/c1-9-11(8-19(2)18-9)12-13(15)20(16)14(17-12)10-6-4-3-5-7-10/h3-8H,15-16H2,1-2H3. The SMILES string of the molecule is Cc1nn(C)cc1-c1nc(-c2ccccc2)n(N)c1N. The molecule has 0 unspecified atom stereocenters. The van der Waals surface area contributed by atoms with E-state index in [-0.39, 0.29) is 0 Å². The molecule has 0 atom stereocenters. The molecule has 0 amide bonds. The van der Waals surface area contributed by atoms with Gasteiger partial charge in [0.2, 0.25) is 0 Å². The number of nitrogens with two attached hydrogens (primary N) is 2. The smallest absolute Gasteiger partial charge is 0.160 e. The van der Waals surface area contributed by atoms with Gasteiger partial charge in [0.05, 0.1) is 5.69 Å². The zero-order valence-corrected chi connectivity index (χ0v) is 11.4. The Hall–Kier alpha value is -2.76. The molecule has 0 aliphatic rings. The molecule has 0 saturated carbocycles. The van der Waals surface area contributed by atoms with Crippen molar-refractivity contribution in [2.75, 3.05) is 11.6 Å².